The number of nitrogens with zero attached hydrogens (tertiary/aromatic N) is 3. The molecule has 0 bridgehead atoms. The summed E-state index contributed by atoms with van der Waals surface area (Å²) in [5.41, 5.74) is 13.5. The number of hydrogen-bond donors (Lipinski definition) is 4. The van der Waals surface area contributed by atoms with Crippen LogP contribution in [0.1, 0.15) is 109 Å². The van der Waals surface area contributed by atoms with Gasteiger partial charge in [-0.2, -0.15) is 4.31 Å². The maximum absolute atomic E-state index is 13.9. The number of esters is 1. The summed E-state index contributed by atoms with van der Waals surface area (Å²) in [4.78, 5) is 78.8. The van der Waals surface area contributed by atoms with Crippen LogP contribution in [0.15, 0.2) is 59.4 Å². The Balaban J connectivity index is 0.00000166. The fraction of sp³-hybridized carbons (Fsp3) is 0.490. The number of aromatic nitrogens is 2. The van der Waals surface area contributed by atoms with Crippen LogP contribution in [-0.4, -0.2) is 105 Å². The number of fused-ring (bicyclic) bond motifs is 5. The molecule has 4 heterocycles. The highest BCUT2D eigenvalue weighted by atomic mass is 32.2. The molecule has 1 atom stereocenters. The zero-order valence-corrected chi connectivity index (χ0v) is 42.8. The van der Waals surface area contributed by atoms with Crippen molar-refractivity contribution in [2.45, 2.75) is 113 Å². The highest BCUT2D eigenvalue weighted by Crippen LogP contribution is 2.39. The Morgan fingerprint density at radius 2 is 1.64 bits per heavy atom. The van der Waals surface area contributed by atoms with Crippen molar-refractivity contribution in [1.82, 2.24) is 19.2 Å². The Kier molecular flexibility index (Phi) is 28.2. The average Bonchev–Trinajstić information content (AvgIpc) is 3.72. The molecule has 4 aromatic rings. The van der Waals surface area contributed by atoms with E-state index >= 15 is 0 Å². The van der Waals surface area contributed by atoms with Crippen molar-refractivity contribution in [3.05, 3.63) is 92.8 Å². The van der Waals surface area contributed by atoms with Gasteiger partial charge in [0.1, 0.15) is 32.7 Å². The number of cyclic esters (lactones) is 1. The van der Waals surface area contributed by atoms with E-state index in [9.17, 15) is 37.2 Å². The Morgan fingerprint density at radius 1 is 0.986 bits per heavy atom. The third kappa shape index (κ3) is 17.8. The van der Waals surface area contributed by atoms with E-state index in [0.29, 0.717) is 40.9 Å². The van der Waals surface area contributed by atoms with E-state index in [-0.39, 0.29) is 63.2 Å². The number of pyridine rings is 2. The number of aldehydes is 1. The fourth-order valence-corrected chi connectivity index (χ4v) is 8.06. The van der Waals surface area contributed by atoms with Crippen molar-refractivity contribution in [1.29, 1.82) is 0 Å². The second-order valence-corrected chi connectivity index (χ2v) is 16.4. The number of para-hydroxylation sites is 1. The lowest BCUT2D eigenvalue weighted by atomic mass is 9.97. The molecule has 1 unspecified atom stereocenters. The number of amides is 2. The first-order valence-corrected chi connectivity index (χ1v) is 25.1. The summed E-state index contributed by atoms with van der Waals surface area (Å²) in [5.74, 6) is -1.96. The van der Waals surface area contributed by atoms with Crippen LogP contribution in [0.25, 0.3) is 22.3 Å². The van der Waals surface area contributed by atoms with Gasteiger partial charge in [0.25, 0.3) is 5.56 Å². The van der Waals surface area contributed by atoms with Gasteiger partial charge in [-0.15, -0.1) is 0 Å². The first-order chi connectivity index (χ1) is 33.2. The van der Waals surface area contributed by atoms with Gasteiger partial charge in [-0.05, 0) is 75.7 Å². The SMILES string of the molecule is CC.CC.CC.CC(C)N(CCc1c2c(nc3ccccc13)-c1cc3c(c(=O)n1C2)COC(=O)C3OC(=O)OCc1ccc(NC(=O)CNC(=O)COCC=O)cc1)S(C)(=O)=O.CCCCN.CN. The minimum atomic E-state index is -3.50. The van der Waals surface area contributed by atoms with Crippen LogP contribution in [0.2, 0.25) is 0 Å². The molecule has 0 radical (unpaired) electrons. The van der Waals surface area contributed by atoms with Crippen LogP contribution >= 0.6 is 0 Å². The van der Waals surface area contributed by atoms with Crippen LogP contribution in [0.4, 0.5) is 10.5 Å². The Labute approximate surface area is 406 Å². The van der Waals surface area contributed by atoms with Crippen LogP contribution in [0.3, 0.4) is 0 Å². The molecule has 2 aromatic heterocycles. The van der Waals surface area contributed by atoms with Crippen molar-refractivity contribution in [2.75, 3.05) is 51.5 Å². The molecule has 2 aliphatic heterocycles. The summed E-state index contributed by atoms with van der Waals surface area (Å²) in [6.45, 7) is 17.4. The predicted molar refractivity (Wildman–Crippen MR) is 268 cm³/mol. The van der Waals surface area contributed by atoms with Crippen molar-refractivity contribution >= 4 is 56.8 Å². The smallest absolute Gasteiger partial charge is 0.458 e. The van der Waals surface area contributed by atoms with E-state index < -0.39 is 45.6 Å². The van der Waals surface area contributed by atoms with Gasteiger partial charge >= 0.3 is 12.1 Å². The first kappa shape index (κ1) is 61.0. The minimum Gasteiger partial charge on any atom is -0.458 e. The summed E-state index contributed by atoms with van der Waals surface area (Å²) in [6.07, 6.45) is 1.62. The number of rotatable bonds is 17. The molecule has 0 saturated carbocycles. The van der Waals surface area contributed by atoms with E-state index in [2.05, 4.69) is 23.3 Å². The Morgan fingerprint density at radius 3 is 2.22 bits per heavy atom. The molecule has 69 heavy (non-hydrogen) atoms. The van der Waals surface area contributed by atoms with Crippen LogP contribution < -0.4 is 27.7 Å². The van der Waals surface area contributed by atoms with Gasteiger partial charge in [0, 0.05) is 34.8 Å². The number of nitrogens with one attached hydrogen (secondary N) is 2. The number of unbranched alkanes of at least 4 members (excludes halogenated alkanes) is 1. The monoisotopic (exact) mass is 984 g/mol. The van der Waals surface area contributed by atoms with E-state index in [4.69, 9.17) is 29.7 Å². The largest absolute Gasteiger partial charge is 0.509 e. The molecule has 6 rings (SSSR count). The topological polar surface area (TPSA) is 271 Å². The molecule has 19 nitrogen and oxygen atoms in total. The summed E-state index contributed by atoms with van der Waals surface area (Å²) < 4.78 is 48.8. The molecule has 382 valence electrons. The Bertz CT molecular complexity index is 2440. The number of hydrogen-bond acceptors (Lipinski definition) is 15. The molecule has 2 amide bonds. The lowest BCUT2D eigenvalue weighted by molar-refractivity contribution is -0.159. The predicted octanol–water partition coefficient (Wildman–Crippen LogP) is 5.76. The Hall–Kier alpha value is -6.06. The lowest BCUT2D eigenvalue weighted by Gasteiger charge is -2.24. The van der Waals surface area contributed by atoms with Gasteiger partial charge in [0.05, 0.1) is 41.8 Å². The van der Waals surface area contributed by atoms with Gasteiger partial charge in [-0.3, -0.25) is 14.4 Å². The van der Waals surface area contributed by atoms with Gasteiger partial charge in [0.15, 0.2) is 0 Å². The van der Waals surface area contributed by atoms with E-state index in [0.717, 1.165) is 23.1 Å². The second kappa shape index (κ2) is 31.9. The molecule has 0 saturated heterocycles. The summed E-state index contributed by atoms with van der Waals surface area (Å²) in [6, 6.07) is 15.0. The van der Waals surface area contributed by atoms with Gasteiger partial charge in [-0.1, -0.05) is 85.2 Å². The highest BCUT2D eigenvalue weighted by Gasteiger charge is 2.38. The van der Waals surface area contributed by atoms with Gasteiger partial charge in [0.2, 0.25) is 27.9 Å². The summed E-state index contributed by atoms with van der Waals surface area (Å²) in [5, 5.41) is 5.78. The number of benzene rings is 2. The highest BCUT2D eigenvalue weighted by molar-refractivity contribution is 7.88. The van der Waals surface area contributed by atoms with Gasteiger partial charge in [-0.25, -0.2) is 23.0 Å². The maximum atomic E-state index is 13.9. The van der Waals surface area contributed by atoms with Crippen molar-refractivity contribution in [2.24, 2.45) is 11.5 Å². The van der Waals surface area contributed by atoms with Crippen LogP contribution in [0.5, 0.6) is 0 Å². The number of ether oxygens (including phenoxy) is 4. The fourth-order valence-electron chi connectivity index (χ4n) is 6.87. The number of sulfonamides is 1. The molecule has 0 aliphatic carbocycles. The van der Waals surface area contributed by atoms with Crippen molar-refractivity contribution < 1.29 is 51.3 Å². The number of nitrogens with two attached hydrogens (primary N) is 2. The average molecular weight is 984 g/mol. The third-order valence-corrected chi connectivity index (χ3v) is 11.2. The van der Waals surface area contributed by atoms with E-state index in [1.807, 2.05) is 65.8 Å². The first-order valence-electron chi connectivity index (χ1n) is 23.3. The molecule has 6 N–H and O–H groups in total. The zero-order valence-electron chi connectivity index (χ0n) is 42.0. The second-order valence-electron chi connectivity index (χ2n) is 14.5. The molecule has 2 aliphatic rings. The van der Waals surface area contributed by atoms with Crippen molar-refractivity contribution in [3.8, 4) is 11.4 Å². The molecule has 0 fully saturated rings. The number of carbonyl (C=O) groups is 5. The van der Waals surface area contributed by atoms with Crippen LogP contribution in [-0.2, 0) is 74.3 Å². The molecule has 2 aromatic carbocycles. The van der Waals surface area contributed by atoms with Gasteiger partial charge < -0.3 is 50.4 Å². The summed E-state index contributed by atoms with van der Waals surface area (Å²) in [7, 11) is -2.00. The third-order valence-electron chi connectivity index (χ3n) is 9.78. The number of anilines is 1. The summed E-state index contributed by atoms with van der Waals surface area (Å²) >= 11 is 0. The molecular weight excluding hydrogens is 911 g/mol. The van der Waals surface area contributed by atoms with Crippen molar-refractivity contribution in [3.63, 3.8) is 0 Å². The normalized spacial score (nSPS) is 12.7. The standard InChI is InChI=1S/C38H39N5O12S.C4H11N.3C2H6.CH5N/c1-22(2)43(56(3,50)51)13-12-25-26-6-4-5-7-30(26)41-34-28(25)18-42-31(34)16-27-29(36(42)47)20-53-37(48)35(27)55-38(49)54-19-23-8-10-24(11-9-23)40-32(45)17-39-33(46)21-52-15-14-44;1-2-3-4-5;4*1-2/h4-11,14,16,22,35H,12-13,15,17-21H2,1-3H3,(H,39,46)(H,40,45);2-5H2,1H3;3*1-2H3;2H2,1H3. The quantitative estimate of drug-likeness (QED) is 0.0490. The molecular formula is C49H73N7O12S. The van der Waals surface area contributed by atoms with E-state index in [1.165, 1.54) is 35.0 Å². The zero-order chi connectivity index (χ0) is 52.3. The number of carbonyl (C=O) groups excluding carboxylic acids is 5. The lowest BCUT2D eigenvalue weighted by Crippen LogP contribution is -2.37. The van der Waals surface area contributed by atoms with E-state index in [1.54, 1.807) is 44.2 Å². The van der Waals surface area contributed by atoms with Crippen LogP contribution in [0, 0.1) is 0 Å². The maximum Gasteiger partial charge on any atom is 0.509 e. The minimum absolute atomic E-state index is 0.136. The molecule has 0 spiro atoms. The molecule has 20 heteroatoms.